The van der Waals surface area contributed by atoms with Gasteiger partial charge in [0.1, 0.15) is 5.75 Å². The zero-order valence-electron chi connectivity index (χ0n) is 8.34. The summed E-state index contributed by atoms with van der Waals surface area (Å²) in [5, 5.41) is 0. The van der Waals surface area contributed by atoms with Gasteiger partial charge in [0.15, 0.2) is 0 Å². The maximum Gasteiger partial charge on any atom is 0.120 e. The lowest BCUT2D eigenvalue weighted by molar-refractivity contribution is 0.340. The van der Waals surface area contributed by atoms with Gasteiger partial charge in [-0.25, -0.2) is 0 Å². The van der Waals surface area contributed by atoms with E-state index in [9.17, 15) is 0 Å². The molecule has 0 spiro atoms. The topological polar surface area (TPSA) is 9.23 Å². The summed E-state index contributed by atoms with van der Waals surface area (Å²) in [6.07, 6.45) is 2.88. The lowest BCUT2D eigenvalue weighted by atomic mass is 10.1. The SMILES string of the molecule is C=Cc1cc(CC)cc(OCC)c1. The second-order valence-electron chi connectivity index (χ2n) is 2.90. The Labute approximate surface area is 80.0 Å². The Morgan fingerprint density at radius 3 is 2.62 bits per heavy atom. The molecule has 0 N–H and O–H groups in total. The number of ether oxygens (including phenoxy) is 1. The van der Waals surface area contributed by atoms with Crippen LogP contribution in [0.3, 0.4) is 0 Å². The van der Waals surface area contributed by atoms with Gasteiger partial charge in [0.05, 0.1) is 6.61 Å². The van der Waals surface area contributed by atoms with E-state index in [4.69, 9.17) is 4.74 Å². The Hall–Kier alpha value is -1.24. The van der Waals surface area contributed by atoms with Crippen molar-refractivity contribution < 1.29 is 4.74 Å². The van der Waals surface area contributed by atoms with Crippen LogP contribution in [-0.2, 0) is 6.42 Å². The molecule has 0 amide bonds. The summed E-state index contributed by atoms with van der Waals surface area (Å²) in [6, 6.07) is 6.22. The molecule has 1 aromatic carbocycles. The van der Waals surface area contributed by atoms with E-state index in [-0.39, 0.29) is 0 Å². The van der Waals surface area contributed by atoms with E-state index in [1.165, 1.54) is 5.56 Å². The lowest BCUT2D eigenvalue weighted by Gasteiger charge is -2.06. The number of hydrogen-bond donors (Lipinski definition) is 0. The summed E-state index contributed by atoms with van der Waals surface area (Å²) >= 11 is 0. The first kappa shape index (κ1) is 9.85. The Balaban J connectivity index is 2.99. The van der Waals surface area contributed by atoms with E-state index >= 15 is 0 Å². The van der Waals surface area contributed by atoms with Crippen molar-refractivity contribution in [2.75, 3.05) is 6.61 Å². The highest BCUT2D eigenvalue weighted by molar-refractivity contribution is 5.51. The van der Waals surface area contributed by atoms with Crippen LogP contribution in [0.15, 0.2) is 24.8 Å². The van der Waals surface area contributed by atoms with Gasteiger partial charge in [-0.1, -0.05) is 25.6 Å². The molecule has 0 radical (unpaired) electrons. The van der Waals surface area contributed by atoms with Crippen molar-refractivity contribution in [1.29, 1.82) is 0 Å². The first-order valence-electron chi connectivity index (χ1n) is 4.69. The van der Waals surface area contributed by atoms with Crippen LogP contribution in [0.1, 0.15) is 25.0 Å². The first-order chi connectivity index (χ1) is 6.30. The molecule has 0 unspecified atom stereocenters. The van der Waals surface area contributed by atoms with E-state index in [1.54, 1.807) is 0 Å². The minimum absolute atomic E-state index is 0.712. The van der Waals surface area contributed by atoms with Gasteiger partial charge in [-0.05, 0) is 36.6 Å². The van der Waals surface area contributed by atoms with Gasteiger partial charge in [-0.3, -0.25) is 0 Å². The average Bonchev–Trinajstić information content (AvgIpc) is 2.17. The van der Waals surface area contributed by atoms with Crippen molar-refractivity contribution in [3.63, 3.8) is 0 Å². The van der Waals surface area contributed by atoms with Crippen molar-refractivity contribution in [3.8, 4) is 5.75 Å². The Morgan fingerprint density at radius 1 is 1.31 bits per heavy atom. The summed E-state index contributed by atoms with van der Waals surface area (Å²) in [5.41, 5.74) is 2.42. The standard InChI is InChI=1S/C12H16O/c1-4-10-7-11(5-2)9-12(8-10)13-6-3/h4,7-9H,1,5-6H2,2-3H3. The first-order valence-corrected chi connectivity index (χ1v) is 4.69. The molecule has 0 aliphatic heterocycles. The van der Waals surface area contributed by atoms with Crippen LogP contribution >= 0.6 is 0 Å². The zero-order valence-corrected chi connectivity index (χ0v) is 8.34. The van der Waals surface area contributed by atoms with E-state index in [1.807, 2.05) is 19.1 Å². The van der Waals surface area contributed by atoms with Crippen molar-refractivity contribution in [2.45, 2.75) is 20.3 Å². The molecular formula is C12H16O. The van der Waals surface area contributed by atoms with Crippen LogP contribution in [0, 0.1) is 0 Å². The van der Waals surface area contributed by atoms with Gasteiger partial charge in [-0.15, -0.1) is 0 Å². The average molecular weight is 176 g/mol. The van der Waals surface area contributed by atoms with Crippen LogP contribution in [-0.4, -0.2) is 6.61 Å². The van der Waals surface area contributed by atoms with Crippen LogP contribution < -0.4 is 4.74 Å². The predicted octanol–water partition coefficient (Wildman–Crippen LogP) is 3.29. The van der Waals surface area contributed by atoms with Gasteiger partial charge in [0.2, 0.25) is 0 Å². The normalized spacial score (nSPS) is 9.69. The van der Waals surface area contributed by atoms with E-state index in [0.29, 0.717) is 6.61 Å². The largest absolute Gasteiger partial charge is 0.494 e. The molecule has 0 fully saturated rings. The van der Waals surface area contributed by atoms with Gasteiger partial charge in [0.25, 0.3) is 0 Å². The maximum atomic E-state index is 5.44. The molecule has 0 aliphatic carbocycles. The minimum atomic E-state index is 0.712. The molecule has 0 saturated carbocycles. The third-order valence-electron chi connectivity index (χ3n) is 1.94. The summed E-state index contributed by atoms with van der Waals surface area (Å²) in [4.78, 5) is 0. The molecule has 70 valence electrons. The Bertz CT molecular complexity index is 289. The van der Waals surface area contributed by atoms with Gasteiger partial charge in [0, 0.05) is 0 Å². The molecule has 0 atom stereocenters. The highest BCUT2D eigenvalue weighted by Gasteiger charge is 1.97. The number of hydrogen-bond acceptors (Lipinski definition) is 1. The third kappa shape index (κ3) is 2.62. The minimum Gasteiger partial charge on any atom is -0.494 e. The smallest absolute Gasteiger partial charge is 0.120 e. The van der Waals surface area contributed by atoms with Crippen LogP contribution in [0.5, 0.6) is 5.75 Å². The molecule has 0 bridgehead atoms. The molecule has 0 aromatic heterocycles. The van der Waals surface area contributed by atoms with Gasteiger partial charge in [-0.2, -0.15) is 0 Å². The van der Waals surface area contributed by atoms with Crippen molar-refractivity contribution in [3.05, 3.63) is 35.9 Å². The molecule has 1 heteroatoms. The number of aryl methyl sites for hydroxylation is 1. The van der Waals surface area contributed by atoms with E-state index < -0.39 is 0 Å². The van der Waals surface area contributed by atoms with Crippen LogP contribution in [0.25, 0.3) is 6.08 Å². The van der Waals surface area contributed by atoms with E-state index in [2.05, 4.69) is 25.6 Å². The molecule has 0 heterocycles. The number of benzene rings is 1. The molecule has 13 heavy (non-hydrogen) atoms. The molecule has 0 saturated heterocycles. The molecule has 0 aliphatic rings. The van der Waals surface area contributed by atoms with Crippen molar-refractivity contribution in [1.82, 2.24) is 0 Å². The number of rotatable bonds is 4. The predicted molar refractivity (Wildman–Crippen MR) is 57.1 cm³/mol. The highest BCUT2D eigenvalue weighted by Crippen LogP contribution is 2.18. The summed E-state index contributed by atoms with van der Waals surface area (Å²) < 4.78 is 5.44. The van der Waals surface area contributed by atoms with Crippen LogP contribution in [0.2, 0.25) is 0 Å². The quantitative estimate of drug-likeness (QED) is 0.684. The van der Waals surface area contributed by atoms with Crippen molar-refractivity contribution >= 4 is 6.08 Å². The van der Waals surface area contributed by atoms with Crippen LogP contribution in [0.4, 0.5) is 0 Å². The molecular weight excluding hydrogens is 160 g/mol. The fraction of sp³-hybridized carbons (Fsp3) is 0.333. The Morgan fingerprint density at radius 2 is 2.08 bits per heavy atom. The lowest BCUT2D eigenvalue weighted by Crippen LogP contribution is -1.93. The fourth-order valence-electron chi connectivity index (χ4n) is 1.26. The summed E-state index contributed by atoms with van der Waals surface area (Å²) in [7, 11) is 0. The Kier molecular flexibility index (Phi) is 3.56. The second-order valence-corrected chi connectivity index (χ2v) is 2.90. The molecule has 1 aromatic rings. The van der Waals surface area contributed by atoms with Crippen molar-refractivity contribution in [2.24, 2.45) is 0 Å². The fourth-order valence-corrected chi connectivity index (χ4v) is 1.26. The third-order valence-corrected chi connectivity index (χ3v) is 1.94. The highest BCUT2D eigenvalue weighted by atomic mass is 16.5. The summed E-state index contributed by atoms with van der Waals surface area (Å²) in [5.74, 6) is 0.941. The van der Waals surface area contributed by atoms with Gasteiger partial charge >= 0.3 is 0 Å². The zero-order chi connectivity index (χ0) is 9.68. The van der Waals surface area contributed by atoms with Gasteiger partial charge < -0.3 is 4.74 Å². The second kappa shape index (κ2) is 4.70. The molecule has 1 rings (SSSR count). The molecule has 1 nitrogen and oxygen atoms in total. The maximum absolute atomic E-state index is 5.44. The van der Waals surface area contributed by atoms with E-state index in [0.717, 1.165) is 17.7 Å². The summed E-state index contributed by atoms with van der Waals surface area (Å²) in [6.45, 7) is 8.59. The monoisotopic (exact) mass is 176 g/mol.